The summed E-state index contributed by atoms with van der Waals surface area (Å²) in [7, 11) is 0. The van der Waals surface area contributed by atoms with E-state index in [4.69, 9.17) is 9.15 Å². The van der Waals surface area contributed by atoms with Crippen LogP contribution in [0.15, 0.2) is 91.1 Å². The first-order chi connectivity index (χ1) is 16.5. The number of fused-ring (bicyclic) bond motifs is 2. The van der Waals surface area contributed by atoms with Crippen LogP contribution in [0.3, 0.4) is 0 Å². The molecule has 7 nitrogen and oxygen atoms in total. The Bertz CT molecular complexity index is 1690. The van der Waals surface area contributed by atoms with E-state index in [1.807, 2.05) is 30.3 Å². The van der Waals surface area contributed by atoms with Crippen molar-refractivity contribution in [1.29, 1.82) is 0 Å². The second-order valence-electron chi connectivity index (χ2n) is 7.73. The summed E-state index contributed by atoms with van der Waals surface area (Å²) in [6, 6.07) is 15.5. The maximum absolute atomic E-state index is 13.6. The maximum atomic E-state index is 13.6. The molecule has 0 spiro atoms. The molecule has 170 valence electrons. The summed E-state index contributed by atoms with van der Waals surface area (Å²) >= 11 is 1.16. The Morgan fingerprint density at radius 2 is 1.88 bits per heavy atom. The van der Waals surface area contributed by atoms with Crippen LogP contribution in [0.25, 0.3) is 17.0 Å². The molecule has 1 aliphatic rings. The highest BCUT2D eigenvalue weighted by atomic mass is 32.1. The number of carbonyl (C=O) groups excluding carboxylic acids is 1. The number of thiazole rings is 1. The fraction of sp³-hybridized carbons (Fsp3) is 0.154. The molecule has 34 heavy (non-hydrogen) atoms. The van der Waals surface area contributed by atoms with E-state index < -0.39 is 12.0 Å². The fourth-order valence-corrected chi connectivity index (χ4v) is 5.11. The van der Waals surface area contributed by atoms with Crippen molar-refractivity contribution in [2.75, 3.05) is 6.61 Å². The molecule has 0 aliphatic carbocycles. The Hall–Kier alpha value is -4.04. The van der Waals surface area contributed by atoms with E-state index in [0.717, 1.165) is 16.9 Å². The van der Waals surface area contributed by atoms with E-state index in [2.05, 4.69) is 4.99 Å². The van der Waals surface area contributed by atoms with Crippen molar-refractivity contribution in [3.05, 3.63) is 113 Å². The Kier molecular flexibility index (Phi) is 5.59. The molecule has 0 amide bonds. The largest absolute Gasteiger partial charge is 0.463 e. The number of aromatic nitrogens is 1. The van der Waals surface area contributed by atoms with Gasteiger partial charge in [0, 0.05) is 0 Å². The molecule has 4 aromatic rings. The van der Waals surface area contributed by atoms with Crippen LogP contribution < -0.4 is 20.3 Å². The highest BCUT2D eigenvalue weighted by Gasteiger charge is 2.33. The third-order valence-electron chi connectivity index (χ3n) is 5.63. The lowest BCUT2D eigenvalue weighted by atomic mass is 9.96. The van der Waals surface area contributed by atoms with Crippen LogP contribution in [0, 0.1) is 0 Å². The van der Waals surface area contributed by atoms with Crippen LogP contribution in [-0.2, 0) is 9.53 Å². The second kappa shape index (κ2) is 8.72. The van der Waals surface area contributed by atoms with E-state index in [1.165, 1.54) is 16.9 Å². The van der Waals surface area contributed by atoms with Gasteiger partial charge in [0.25, 0.3) is 5.56 Å². The molecule has 3 heterocycles. The molecule has 0 N–H and O–H groups in total. The summed E-state index contributed by atoms with van der Waals surface area (Å²) in [4.78, 5) is 44.4. The van der Waals surface area contributed by atoms with Crippen molar-refractivity contribution in [3.8, 4) is 0 Å². The molecular weight excluding hydrogens is 452 g/mol. The van der Waals surface area contributed by atoms with Crippen LogP contribution in [0.4, 0.5) is 0 Å². The van der Waals surface area contributed by atoms with E-state index in [-0.39, 0.29) is 23.2 Å². The maximum Gasteiger partial charge on any atom is 0.338 e. The van der Waals surface area contributed by atoms with Gasteiger partial charge in [-0.15, -0.1) is 0 Å². The molecule has 1 aliphatic heterocycles. The van der Waals surface area contributed by atoms with Crippen molar-refractivity contribution < 1.29 is 13.9 Å². The smallest absolute Gasteiger partial charge is 0.338 e. The van der Waals surface area contributed by atoms with Gasteiger partial charge < -0.3 is 9.15 Å². The number of nitrogens with zero attached hydrogens (tertiary/aromatic N) is 2. The third-order valence-corrected chi connectivity index (χ3v) is 6.61. The Balaban J connectivity index is 1.74. The van der Waals surface area contributed by atoms with E-state index in [0.29, 0.717) is 31.6 Å². The average molecular weight is 473 g/mol. The van der Waals surface area contributed by atoms with Gasteiger partial charge in [0.1, 0.15) is 11.8 Å². The number of rotatable bonds is 4. The zero-order valence-corrected chi connectivity index (χ0v) is 19.3. The zero-order chi connectivity index (χ0) is 23.8. The Labute approximate surface area is 197 Å². The molecule has 8 heteroatoms. The van der Waals surface area contributed by atoms with Crippen LogP contribution in [-0.4, -0.2) is 17.1 Å². The first-order valence-electron chi connectivity index (χ1n) is 10.7. The first-order valence-corrected chi connectivity index (χ1v) is 11.6. The molecule has 0 unspecified atom stereocenters. The lowest BCUT2D eigenvalue weighted by Crippen LogP contribution is -2.40. The third kappa shape index (κ3) is 3.62. The molecule has 5 rings (SSSR count). The topological polar surface area (TPSA) is 90.9 Å². The fourth-order valence-electron chi connectivity index (χ4n) is 4.08. The minimum atomic E-state index is -0.688. The van der Waals surface area contributed by atoms with Crippen molar-refractivity contribution in [1.82, 2.24) is 4.57 Å². The van der Waals surface area contributed by atoms with Crippen molar-refractivity contribution in [3.63, 3.8) is 0 Å². The van der Waals surface area contributed by atoms with Crippen LogP contribution in [0.5, 0.6) is 0 Å². The summed E-state index contributed by atoms with van der Waals surface area (Å²) in [5.74, 6) is -0.512. The summed E-state index contributed by atoms with van der Waals surface area (Å²) in [6.45, 7) is 3.67. The molecule has 0 bridgehead atoms. The van der Waals surface area contributed by atoms with Crippen LogP contribution >= 0.6 is 11.3 Å². The SMILES string of the molecule is CCOC(=O)C1=C(C)N=c2s/c(=C\c3coc4ccccc4c3=O)c(=O)n2[C@@H]1c1ccccc1. The number of hydrogen-bond donors (Lipinski definition) is 0. The number of hydrogen-bond acceptors (Lipinski definition) is 7. The van der Waals surface area contributed by atoms with E-state index >= 15 is 0 Å². The minimum Gasteiger partial charge on any atom is -0.463 e. The number of allylic oxidation sites excluding steroid dienone is 1. The molecular formula is C26H20N2O5S. The van der Waals surface area contributed by atoms with Gasteiger partial charge in [-0.2, -0.15) is 0 Å². The number of para-hydroxylation sites is 1. The van der Waals surface area contributed by atoms with E-state index in [9.17, 15) is 14.4 Å². The standard InChI is InChI=1S/C26H20N2O5S/c1-3-32-25(31)21-15(2)27-26-28(22(21)16-9-5-4-6-10-16)24(30)20(34-26)13-17-14-33-19-12-8-7-11-18(19)23(17)29/h4-14,22H,3H2,1-2H3/b20-13-/t22-/m1/s1. The highest BCUT2D eigenvalue weighted by molar-refractivity contribution is 7.07. The van der Waals surface area contributed by atoms with Gasteiger partial charge in [0.2, 0.25) is 0 Å². The van der Waals surface area contributed by atoms with Gasteiger partial charge in [0.05, 0.1) is 39.4 Å². The molecule has 2 aromatic heterocycles. The molecule has 2 aromatic carbocycles. The monoisotopic (exact) mass is 472 g/mol. The molecule has 0 fully saturated rings. The van der Waals surface area contributed by atoms with Crippen molar-refractivity contribution >= 4 is 34.4 Å². The van der Waals surface area contributed by atoms with Crippen LogP contribution in [0.2, 0.25) is 0 Å². The summed E-state index contributed by atoms with van der Waals surface area (Å²) < 4.78 is 12.7. The predicted molar refractivity (Wildman–Crippen MR) is 129 cm³/mol. The zero-order valence-electron chi connectivity index (χ0n) is 18.5. The average Bonchev–Trinajstić information content (AvgIpc) is 3.15. The van der Waals surface area contributed by atoms with Gasteiger partial charge in [-0.1, -0.05) is 53.8 Å². The predicted octanol–water partition coefficient (Wildman–Crippen LogP) is 2.90. The minimum absolute atomic E-state index is 0.208. The first kappa shape index (κ1) is 21.8. The van der Waals surface area contributed by atoms with Gasteiger partial charge >= 0.3 is 5.97 Å². The quantitative estimate of drug-likeness (QED) is 0.426. The van der Waals surface area contributed by atoms with Gasteiger partial charge in [-0.25, -0.2) is 9.79 Å². The molecule has 0 saturated carbocycles. The number of benzene rings is 2. The van der Waals surface area contributed by atoms with Crippen LogP contribution in [0.1, 0.15) is 31.0 Å². The Morgan fingerprint density at radius 1 is 1.15 bits per heavy atom. The normalized spacial score (nSPS) is 15.8. The second-order valence-corrected chi connectivity index (χ2v) is 8.74. The summed E-state index contributed by atoms with van der Waals surface area (Å²) in [6.07, 6.45) is 2.88. The lowest BCUT2D eigenvalue weighted by Gasteiger charge is -2.24. The van der Waals surface area contributed by atoms with Crippen molar-refractivity contribution in [2.24, 2.45) is 4.99 Å². The highest BCUT2D eigenvalue weighted by Crippen LogP contribution is 2.30. The summed E-state index contributed by atoms with van der Waals surface area (Å²) in [5.41, 5.74) is 1.74. The number of esters is 1. The Morgan fingerprint density at radius 3 is 2.65 bits per heavy atom. The molecule has 0 saturated heterocycles. The van der Waals surface area contributed by atoms with Crippen molar-refractivity contribution in [2.45, 2.75) is 19.9 Å². The van der Waals surface area contributed by atoms with Gasteiger partial charge in [-0.3, -0.25) is 14.2 Å². The summed E-state index contributed by atoms with van der Waals surface area (Å²) in [5, 5.41) is 0.437. The van der Waals surface area contributed by atoms with Gasteiger partial charge in [-0.05, 0) is 37.6 Å². The lowest BCUT2D eigenvalue weighted by molar-refractivity contribution is -0.139. The van der Waals surface area contributed by atoms with E-state index in [1.54, 1.807) is 38.1 Å². The van der Waals surface area contributed by atoms with Gasteiger partial charge in [0.15, 0.2) is 10.2 Å². The molecule has 1 atom stereocenters. The molecule has 0 radical (unpaired) electrons. The number of carbonyl (C=O) groups is 1. The number of ether oxygens (including phenoxy) is 1.